The van der Waals surface area contributed by atoms with Gasteiger partial charge in [0.1, 0.15) is 6.61 Å². The average molecular weight is 321 g/mol. The van der Waals surface area contributed by atoms with Crippen molar-refractivity contribution in [3.8, 4) is 11.5 Å². The molecule has 0 bridgehead atoms. The zero-order chi connectivity index (χ0) is 16.5. The second kappa shape index (κ2) is 9.78. The molecule has 0 spiro atoms. The Morgan fingerprint density at radius 3 is 2.26 bits per heavy atom. The lowest BCUT2D eigenvalue weighted by Crippen LogP contribution is -2.40. The molecule has 4 nitrogen and oxygen atoms in total. The van der Waals surface area contributed by atoms with Gasteiger partial charge in [-0.2, -0.15) is 0 Å². The van der Waals surface area contributed by atoms with E-state index in [0.717, 1.165) is 36.5 Å². The van der Waals surface area contributed by atoms with Crippen molar-refractivity contribution in [2.75, 3.05) is 46.1 Å². The van der Waals surface area contributed by atoms with Gasteiger partial charge >= 0.3 is 0 Å². The molecule has 23 heavy (non-hydrogen) atoms. The van der Waals surface area contributed by atoms with Gasteiger partial charge in [0.2, 0.25) is 0 Å². The summed E-state index contributed by atoms with van der Waals surface area (Å²) in [6.45, 7) is 12.7. The zero-order valence-corrected chi connectivity index (χ0v) is 14.8. The lowest BCUT2D eigenvalue weighted by atomic mass is 9.92. The maximum atomic E-state index is 5.75. The van der Waals surface area contributed by atoms with Crippen LogP contribution in [-0.4, -0.2) is 51.0 Å². The Morgan fingerprint density at radius 1 is 0.957 bits per heavy atom. The molecule has 2 atom stereocenters. The molecule has 4 heteroatoms. The van der Waals surface area contributed by atoms with Crippen LogP contribution in [-0.2, 0) is 4.74 Å². The highest BCUT2D eigenvalue weighted by atomic mass is 16.5. The number of piperidine rings is 1. The van der Waals surface area contributed by atoms with Crippen molar-refractivity contribution < 1.29 is 14.2 Å². The first-order chi connectivity index (χ1) is 11.2. The minimum Gasteiger partial charge on any atom is -0.490 e. The quantitative estimate of drug-likeness (QED) is 0.652. The standard InChI is InChI=1S/C19H31NO3/c1-4-22-18-7-5-6-8-19(18)23-12-11-21-10-9-20-14-16(2)13-17(3)15-20/h5-8,16-17H,4,9-15H2,1-3H3. The Balaban J connectivity index is 1.59. The van der Waals surface area contributed by atoms with E-state index in [2.05, 4.69) is 18.7 Å². The molecule has 2 unspecified atom stereocenters. The van der Waals surface area contributed by atoms with Gasteiger partial charge in [0.15, 0.2) is 11.5 Å². The molecule has 130 valence electrons. The Labute approximate surface area is 140 Å². The molecule has 0 aromatic heterocycles. The molecule has 0 radical (unpaired) electrons. The fourth-order valence-electron chi connectivity index (χ4n) is 3.33. The van der Waals surface area contributed by atoms with Gasteiger partial charge in [-0.15, -0.1) is 0 Å². The highest BCUT2D eigenvalue weighted by molar-refractivity contribution is 5.39. The third kappa shape index (κ3) is 6.40. The molecule has 1 aromatic carbocycles. The molecular weight excluding hydrogens is 290 g/mol. The molecular formula is C19H31NO3. The van der Waals surface area contributed by atoms with Gasteiger partial charge in [0, 0.05) is 19.6 Å². The van der Waals surface area contributed by atoms with E-state index in [1.165, 1.54) is 19.5 Å². The number of likely N-dealkylation sites (tertiary alicyclic amines) is 1. The number of nitrogens with zero attached hydrogens (tertiary/aromatic N) is 1. The molecule has 0 amide bonds. The van der Waals surface area contributed by atoms with Crippen molar-refractivity contribution in [1.29, 1.82) is 0 Å². The van der Waals surface area contributed by atoms with E-state index >= 15 is 0 Å². The predicted octanol–water partition coefficient (Wildman–Crippen LogP) is 3.46. The Hall–Kier alpha value is -1.26. The number of ether oxygens (including phenoxy) is 3. The van der Waals surface area contributed by atoms with Crippen molar-refractivity contribution >= 4 is 0 Å². The summed E-state index contributed by atoms with van der Waals surface area (Å²) in [6.07, 6.45) is 1.35. The minimum absolute atomic E-state index is 0.552. The molecule has 0 N–H and O–H groups in total. The van der Waals surface area contributed by atoms with E-state index < -0.39 is 0 Å². The summed E-state index contributed by atoms with van der Waals surface area (Å²) in [5, 5.41) is 0. The van der Waals surface area contributed by atoms with Crippen LogP contribution >= 0.6 is 0 Å². The highest BCUT2D eigenvalue weighted by Crippen LogP contribution is 2.26. The van der Waals surface area contributed by atoms with E-state index in [4.69, 9.17) is 14.2 Å². The van der Waals surface area contributed by atoms with Crippen LogP contribution in [0.5, 0.6) is 11.5 Å². The summed E-state index contributed by atoms with van der Waals surface area (Å²) in [5.41, 5.74) is 0. The number of rotatable bonds is 9. The molecule has 1 aliphatic heterocycles. The molecule has 0 aliphatic carbocycles. The van der Waals surface area contributed by atoms with Crippen molar-refractivity contribution in [3.63, 3.8) is 0 Å². The fourth-order valence-corrected chi connectivity index (χ4v) is 3.33. The molecule has 1 aliphatic rings. The van der Waals surface area contributed by atoms with Gasteiger partial charge < -0.3 is 19.1 Å². The lowest BCUT2D eigenvalue weighted by molar-refractivity contribution is 0.0590. The van der Waals surface area contributed by atoms with Gasteiger partial charge in [0.05, 0.1) is 19.8 Å². The number of hydrogen-bond acceptors (Lipinski definition) is 4. The first kappa shape index (κ1) is 18.1. The highest BCUT2D eigenvalue weighted by Gasteiger charge is 2.21. The first-order valence-corrected chi connectivity index (χ1v) is 8.83. The second-order valence-corrected chi connectivity index (χ2v) is 6.55. The minimum atomic E-state index is 0.552. The normalized spacial score (nSPS) is 22.0. The molecule has 1 aromatic rings. The summed E-state index contributed by atoms with van der Waals surface area (Å²) in [4.78, 5) is 2.52. The van der Waals surface area contributed by atoms with Crippen LogP contribution in [0.1, 0.15) is 27.2 Å². The monoisotopic (exact) mass is 321 g/mol. The Bertz CT molecular complexity index is 442. The van der Waals surface area contributed by atoms with Gasteiger partial charge in [-0.3, -0.25) is 0 Å². The third-order valence-corrected chi connectivity index (χ3v) is 4.13. The summed E-state index contributed by atoms with van der Waals surface area (Å²) in [6, 6.07) is 7.77. The van der Waals surface area contributed by atoms with Crippen molar-refractivity contribution in [1.82, 2.24) is 4.90 Å². The van der Waals surface area contributed by atoms with Crippen LogP contribution in [0.4, 0.5) is 0 Å². The molecule has 0 saturated carbocycles. The van der Waals surface area contributed by atoms with E-state index in [0.29, 0.717) is 19.8 Å². The Kier molecular flexibility index (Phi) is 7.69. The predicted molar refractivity (Wildman–Crippen MR) is 93.3 cm³/mol. The van der Waals surface area contributed by atoms with Gasteiger partial charge in [-0.1, -0.05) is 26.0 Å². The van der Waals surface area contributed by atoms with Crippen LogP contribution in [0.3, 0.4) is 0 Å². The van der Waals surface area contributed by atoms with Crippen molar-refractivity contribution in [2.45, 2.75) is 27.2 Å². The molecule has 1 fully saturated rings. The largest absolute Gasteiger partial charge is 0.490 e. The van der Waals surface area contributed by atoms with Crippen LogP contribution in [0.2, 0.25) is 0 Å². The van der Waals surface area contributed by atoms with Crippen LogP contribution in [0, 0.1) is 11.8 Å². The number of para-hydroxylation sites is 2. The smallest absolute Gasteiger partial charge is 0.161 e. The SMILES string of the molecule is CCOc1ccccc1OCCOCCN1CC(C)CC(C)C1. The topological polar surface area (TPSA) is 30.9 Å². The van der Waals surface area contributed by atoms with Crippen LogP contribution in [0.15, 0.2) is 24.3 Å². The second-order valence-electron chi connectivity index (χ2n) is 6.55. The van der Waals surface area contributed by atoms with E-state index in [-0.39, 0.29) is 0 Å². The Morgan fingerprint density at radius 2 is 1.61 bits per heavy atom. The maximum Gasteiger partial charge on any atom is 0.161 e. The van der Waals surface area contributed by atoms with Gasteiger partial charge in [0.25, 0.3) is 0 Å². The number of benzene rings is 1. The fraction of sp³-hybridized carbons (Fsp3) is 0.684. The third-order valence-electron chi connectivity index (χ3n) is 4.13. The van der Waals surface area contributed by atoms with E-state index in [1.807, 2.05) is 31.2 Å². The molecule has 2 rings (SSSR count). The summed E-state index contributed by atoms with van der Waals surface area (Å²) < 4.78 is 17.0. The lowest BCUT2D eigenvalue weighted by Gasteiger charge is -2.34. The van der Waals surface area contributed by atoms with Crippen LogP contribution < -0.4 is 9.47 Å². The summed E-state index contributed by atoms with van der Waals surface area (Å²) in [7, 11) is 0. The van der Waals surface area contributed by atoms with Gasteiger partial charge in [-0.05, 0) is 37.3 Å². The number of hydrogen-bond donors (Lipinski definition) is 0. The van der Waals surface area contributed by atoms with Crippen molar-refractivity contribution in [2.24, 2.45) is 11.8 Å². The van der Waals surface area contributed by atoms with E-state index in [1.54, 1.807) is 0 Å². The van der Waals surface area contributed by atoms with Crippen molar-refractivity contribution in [3.05, 3.63) is 24.3 Å². The zero-order valence-electron chi connectivity index (χ0n) is 14.8. The summed E-state index contributed by atoms with van der Waals surface area (Å²) >= 11 is 0. The van der Waals surface area contributed by atoms with E-state index in [9.17, 15) is 0 Å². The molecule has 1 saturated heterocycles. The first-order valence-electron chi connectivity index (χ1n) is 8.83. The van der Waals surface area contributed by atoms with Crippen LogP contribution in [0.25, 0.3) is 0 Å². The summed E-state index contributed by atoms with van der Waals surface area (Å²) in [5.74, 6) is 3.19. The average Bonchev–Trinajstić information content (AvgIpc) is 2.51. The molecule has 1 heterocycles. The van der Waals surface area contributed by atoms with Gasteiger partial charge in [-0.25, -0.2) is 0 Å². The maximum absolute atomic E-state index is 5.75.